The van der Waals surface area contributed by atoms with Crippen molar-refractivity contribution in [3.05, 3.63) is 28.7 Å². The Bertz CT molecular complexity index is 355. The predicted molar refractivity (Wildman–Crippen MR) is 47.8 cm³/mol. The maximum absolute atomic E-state index is 11.2. The van der Waals surface area contributed by atoms with E-state index >= 15 is 0 Å². The van der Waals surface area contributed by atoms with Crippen LogP contribution in [-0.4, -0.2) is 24.4 Å². The fourth-order valence-electron chi connectivity index (χ4n) is 1.20. The van der Waals surface area contributed by atoms with Crippen LogP contribution in [0.15, 0.2) is 28.1 Å². The molecule has 0 radical (unpaired) electrons. The summed E-state index contributed by atoms with van der Waals surface area (Å²) in [5.74, 6) is 0. The van der Waals surface area contributed by atoms with E-state index in [-0.39, 0.29) is 5.56 Å². The summed E-state index contributed by atoms with van der Waals surface area (Å²) in [6.45, 7) is 1.57. The zero-order valence-corrected chi connectivity index (χ0v) is 6.53. The van der Waals surface area contributed by atoms with Crippen molar-refractivity contribution in [2.45, 2.75) is 0 Å². The Morgan fingerprint density at radius 1 is 1.58 bits per heavy atom. The van der Waals surface area contributed by atoms with Crippen molar-refractivity contribution in [2.24, 2.45) is 4.99 Å². The van der Waals surface area contributed by atoms with Crippen LogP contribution in [0.4, 0.5) is 5.69 Å². The van der Waals surface area contributed by atoms with Crippen LogP contribution < -0.4 is 10.5 Å². The summed E-state index contributed by atoms with van der Waals surface area (Å²) in [5, 5.41) is 0. The molecular formula is C8H9N3O. The number of nitrogens with zero attached hydrogens (tertiary/aromatic N) is 2. The fourth-order valence-corrected chi connectivity index (χ4v) is 1.20. The molecule has 0 unspecified atom stereocenters. The van der Waals surface area contributed by atoms with Gasteiger partial charge in [-0.2, -0.15) is 0 Å². The van der Waals surface area contributed by atoms with E-state index in [1.165, 1.54) is 0 Å². The molecule has 1 aliphatic rings. The van der Waals surface area contributed by atoms with Gasteiger partial charge in [0.2, 0.25) is 0 Å². The minimum absolute atomic E-state index is 0.0640. The molecular weight excluding hydrogens is 154 g/mol. The topological polar surface area (TPSA) is 48.5 Å². The number of H-pyrrole nitrogens is 1. The molecule has 1 aromatic heterocycles. The van der Waals surface area contributed by atoms with E-state index in [1.54, 1.807) is 18.6 Å². The predicted octanol–water partition coefficient (Wildman–Crippen LogP) is 0.223. The molecule has 12 heavy (non-hydrogen) atoms. The first-order valence-electron chi connectivity index (χ1n) is 3.82. The molecule has 0 aliphatic carbocycles. The Kier molecular flexibility index (Phi) is 1.66. The lowest BCUT2D eigenvalue weighted by Gasteiger charge is -2.11. The molecule has 0 atom stereocenters. The summed E-state index contributed by atoms with van der Waals surface area (Å²) < 4.78 is 0. The first-order chi connectivity index (χ1) is 5.88. The van der Waals surface area contributed by atoms with Gasteiger partial charge in [0.15, 0.2) is 0 Å². The normalized spacial score (nSPS) is 15.5. The van der Waals surface area contributed by atoms with Gasteiger partial charge in [-0.3, -0.25) is 9.79 Å². The van der Waals surface area contributed by atoms with Crippen LogP contribution >= 0.6 is 0 Å². The van der Waals surface area contributed by atoms with Gasteiger partial charge in [-0.25, -0.2) is 0 Å². The van der Waals surface area contributed by atoms with Crippen molar-refractivity contribution in [1.82, 2.24) is 4.98 Å². The molecule has 1 aromatic rings. The molecule has 0 saturated carbocycles. The summed E-state index contributed by atoms with van der Waals surface area (Å²) in [7, 11) is 0. The molecule has 1 aliphatic heterocycles. The van der Waals surface area contributed by atoms with Gasteiger partial charge in [-0.1, -0.05) is 0 Å². The number of hydrogen-bond acceptors (Lipinski definition) is 3. The molecule has 4 nitrogen and oxygen atoms in total. The lowest BCUT2D eigenvalue weighted by Crippen LogP contribution is -2.25. The number of aromatic nitrogens is 1. The van der Waals surface area contributed by atoms with Gasteiger partial charge in [0.25, 0.3) is 5.56 Å². The SMILES string of the molecule is O=c1[nH]cccc1N1C=NCC1. The van der Waals surface area contributed by atoms with Crippen LogP contribution in [0.25, 0.3) is 0 Å². The maximum atomic E-state index is 11.2. The Balaban J connectivity index is 2.39. The first-order valence-corrected chi connectivity index (χ1v) is 3.82. The van der Waals surface area contributed by atoms with E-state index in [9.17, 15) is 4.79 Å². The second-order valence-electron chi connectivity index (χ2n) is 2.60. The van der Waals surface area contributed by atoms with Crippen LogP contribution in [-0.2, 0) is 0 Å². The van der Waals surface area contributed by atoms with E-state index < -0.39 is 0 Å². The van der Waals surface area contributed by atoms with Crippen LogP contribution in [0.5, 0.6) is 0 Å². The minimum Gasteiger partial charge on any atom is -0.327 e. The second-order valence-corrected chi connectivity index (χ2v) is 2.60. The van der Waals surface area contributed by atoms with E-state index in [1.807, 2.05) is 11.0 Å². The quantitative estimate of drug-likeness (QED) is 0.644. The van der Waals surface area contributed by atoms with E-state index in [2.05, 4.69) is 9.98 Å². The zero-order valence-electron chi connectivity index (χ0n) is 6.53. The van der Waals surface area contributed by atoms with Crippen molar-refractivity contribution >= 4 is 12.0 Å². The first kappa shape index (κ1) is 7.09. The molecule has 0 bridgehead atoms. The molecule has 0 fully saturated rings. The molecule has 2 heterocycles. The summed E-state index contributed by atoms with van der Waals surface area (Å²) in [5.41, 5.74) is 0.601. The van der Waals surface area contributed by atoms with Crippen LogP contribution in [0.1, 0.15) is 0 Å². The molecule has 2 rings (SSSR count). The number of anilines is 1. The summed E-state index contributed by atoms with van der Waals surface area (Å²) in [6, 6.07) is 3.60. The number of rotatable bonds is 1. The monoisotopic (exact) mass is 163 g/mol. The number of aliphatic imine (C=N–C) groups is 1. The van der Waals surface area contributed by atoms with Gasteiger partial charge in [-0.15, -0.1) is 0 Å². The largest absolute Gasteiger partial charge is 0.327 e. The summed E-state index contributed by atoms with van der Waals surface area (Å²) >= 11 is 0. The van der Waals surface area contributed by atoms with Crippen molar-refractivity contribution in [1.29, 1.82) is 0 Å². The van der Waals surface area contributed by atoms with Crippen molar-refractivity contribution < 1.29 is 0 Å². The highest BCUT2D eigenvalue weighted by Crippen LogP contribution is 2.06. The number of aromatic amines is 1. The fraction of sp³-hybridized carbons (Fsp3) is 0.250. The van der Waals surface area contributed by atoms with Gasteiger partial charge >= 0.3 is 0 Å². The van der Waals surface area contributed by atoms with E-state index in [0.717, 1.165) is 13.1 Å². The van der Waals surface area contributed by atoms with Crippen molar-refractivity contribution in [3.63, 3.8) is 0 Å². The molecule has 62 valence electrons. The molecule has 0 amide bonds. The molecule has 1 N–H and O–H groups in total. The Morgan fingerprint density at radius 3 is 3.17 bits per heavy atom. The highest BCUT2D eigenvalue weighted by Gasteiger charge is 2.09. The number of nitrogens with one attached hydrogen (secondary N) is 1. The molecule has 0 aromatic carbocycles. The third kappa shape index (κ3) is 1.11. The highest BCUT2D eigenvalue weighted by molar-refractivity contribution is 5.80. The van der Waals surface area contributed by atoms with Gasteiger partial charge in [0.05, 0.1) is 12.9 Å². The molecule has 4 heteroatoms. The Labute approximate surface area is 69.6 Å². The van der Waals surface area contributed by atoms with Gasteiger partial charge in [-0.05, 0) is 12.1 Å². The number of hydrogen-bond donors (Lipinski definition) is 1. The second kappa shape index (κ2) is 2.81. The van der Waals surface area contributed by atoms with Gasteiger partial charge < -0.3 is 9.88 Å². The van der Waals surface area contributed by atoms with Crippen molar-refractivity contribution in [2.75, 3.05) is 18.0 Å². The minimum atomic E-state index is -0.0640. The van der Waals surface area contributed by atoms with E-state index in [0.29, 0.717) is 5.69 Å². The molecule has 0 spiro atoms. The van der Waals surface area contributed by atoms with E-state index in [4.69, 9.17) is 0 Å². The van der Waals surface area contributed by atoms with Crippen LogP contribution in [0.3, 0.4) is 0 Å². The van der Waals surface area contributed by atoms with Crippen molar-refractivity contribution in [3.8, 4) is 0 Å². The lowest BCUT2D eigenvalue weighted by atomic mass is 10.4. The summed E-state index contributed by atoms with van der Waals surface area (Å²) in [6.07, 6.45) is 3.32. The molecule has 0 saturated heterocycles. The van der Waals surface area contributed by atoms with Gasteiger partial charge in [0.1, 0.15) is 5.69 Å². The number of pyridine rings is 1. The summed E-state index contributed by atoms with van der Waals surface area (Å²) in [4.78, 5) is 19.7. The zero-order chi connectivity index (χ0) is 8.39. The Hall–Kier alpha value is -1.58. The average molecular weight is 163 g/mol. The van der Waals surface area contributed by atoms with Crippen LogP contribution in [0, 0.1) is 0 Å². The Morgan fingerprint density at radius 2 is 2.50 bits per heavy atom. The van der Waals surface area contributed by atoms with Gasteiger partial charge in [0, 0.05) is 12.7 Å². The highest BCUT2D eigenvalue weighted by atomic mass is 16.1. The maximum Gasteiger partial charge on any atom is 0.271 e. The smallest absolute Gasteiger partial charge is 0.271 e. The van der Waals surface area contributed by atoms with Crippen LogP contribution in [0.2, 0.25) is 0 Å². The third-order valence-corrected chi connectivity index (χ3v) is 1.80. The average Bonchev–Trinajstić information content (AvgIpc) is 2.57. The lowest BCUT2D eigenvalue weighted by molar-refractivity contribution is 1.01. The third-order valence-electron chi connectivity index (χ3n) is 1.80. The standard InChI is InChI=1S/C8H9N3O/c12-8-7(2-1-3-10-8)11-5-4-9-6-11/h1-3,6H,4-5H2,(H,10,12).